The summed E-state index contributed by atoms with van der Waals surface area (Å²) in [5.41, 5.74) is 1.51. The van der Waals surface area contributed by atoms with E-state index in [0.29, 0.717) is 28.2 Å². The molecule has 0 spiro atoms. The van der Waals surface area contributed by atoms with Crippen LogP contribution in [0.25, 0.3) is 11.1 Å². The van der Waals surface area contributed by atoms with Crippen LogP contribution in [0, 0.1) is 6.92 Å². The van der Waals surface area contributed by atoms with Gasteiger partial charge in [-0.05, 0) is 37.3 Å². The van der Waals surface area contributed by atoms with Crippen molar-refractivity contribution in [2.75, 3.05) is 17.7 Å². The molecule has 0 radical (unpaired) electrons. The molecule has 162 valence electrons. The molecule has 2 heterocycles. The van der Waals surface area contributed by atoms with Crippen molar-refractivity contribution in [3.63, 3.8) is 0 Å². The molecule has 2 aromatic heterocycles. The summed E-state index contributed by atoms with van der Waals surface area (Å²) in [5.74, 6) is 0.00691. The van der Waals surface area contributed by atoms with E-state index in [-0.39, 0.29) is 48.4 Å². The third kappa shape index (κ3) is 5.23. The predicted molar refractivity (Wildman–Crippen MR) is 109 cm³/mol. The molecule has 4 rings (SSSR count). The number of H-pyrrole nitrogens is 1. The van der Waals surface area contributed by atoms with E-state index in [4.69, 9.17) is 9.15 Å². The number of aromatic amines is 1. The number of nitrogens with zero attached hydrogens (tertiary/aromatic N) is 2. The minimum absolute atomic E-state index is 0. The fourth-order valence-corrected chi connectivity index (χ4v) is 2.88. The topological polar surface area (TPSA) is 105 Å². The molecular weight excluding hydrogens is 438 g/mol. The van der Waals surface area contributed by atoms with Crippen LogP contribution in [0.5, 0.6) is 5.75 Å². The van der Waals surface area contributed by atoms with Crippen molar-refractivity contribution in [1.29, 1.82) is 0 Å². The second-order valence-corrected chi connectivity index (χ2v) is 6.65. The van der Waals surface area contributed by atoms with Gasteiger partial charge in [0.05, 0.1) is 18.2 Å². The molecule has 0 amide bonds. The minimum atomic E-state index is -4.53. The first-order valence-corrected chi connectivity index (χ1v) is 8.98. The maximum Gasteiger partial charge on any atom is 1.00 e. The summed E-state index contributed by atoms with van der Waals surface area (Å²) in [4.78, 5) is 22.3. The molecule has 0 aliphatic heterocycles. The summed E-state index contributed by atoms with van der Waals surface area (Å²) < 4.78 is 49.4. The van der Waals surface area contributed by atoms with Gasteiger partial charge in [0, 0.05) is 29.2 Å². The zero-order valence-corrected chi connectivity index (χ0v) is 19.3. The van der Waals surface area contributed by atoms with E-state index in [0.717, 1.165) is 12.1 Å². The Hall–Kier alpha value is -3.02. The number of alkyl halides is 3. The van der Waals surface area contributed by atoms with E-state index in [1.54, 1.807) is 25.1 Å². The predicted octanol–water partition coefficient (Wildman–Crippen LogP) is 1.85. The molecule has 0 saturated carbocycles. The van der Waals surface area contributed by atoms with E-state index >= 15 is 0 Å². The van der Waals surface area contributed by atoms with Crippen LogP contribution in [-0.4, -0.2) is 22.1 Å². The fourth-order valence-electron chi connectivity index (χ4n) is 2.88. The number of aryl methyl sites for hydroxylation is 1. The molecule has 2 aromatic carbocycles. The first kappa shape index (κ1) is 23.6. The molecular formula is C20H17F3N5NaO3. The average Bonchev–Trinajstić information content (AvgIpc) is 3.09. The van der Waals surface area contributed by atoms with Gasteiger partial charge in [-0.15, -0.1) is 0 Å². The number of fused-ring (bicyclic) bond motifs is 1. The van der Waals surface area contributed by atoms with Crippen LogP contribution in [0.1, 0.15) is 12.6 Å². The SMILES string of the molecule is COc1cc(Nc2ncc(C)c(Nc3ccc4oc(=O)[nH]c4c3)n2)cc(C(F)(F)F)c1.[H-].[Na+]. The van der Waals surface area contributed by atoms with Crippen molar-refractivity contribution in [1.82, 2.24) is 15.0 Å². The second kappa shape index (κ2) is 9.23. The maximum atomic E-state index is 13.1. The Morgan fingerprint density at radius 2 is 1.91 bits per heavy atom. The van der Waals surface area contributed by atoms with Crippen LogP contribution in [-0.2, 0) is 6.18 Å². The van der Waals surface area contributed by atoms with Gasteiger partial charge < -0.3 is 21.2 Å². The third-order valence-corrected chi connectivity index (χ3v) is 4.38. The first-order chi connectivity index (χ1) is 14.7. The smallest absolute Gasteiger partial charge is 1.00 e. The van der Waals surface area contributed by atoms with Gasteiger partial charge in [-0.1, -0.05) is 0 Å². The fraction of sp³-hybridized carbons (Fsp3) is 0.150. The van der Waals surface area contributed by atoms with Crippen molar-refractivity contribution in [2.24, 2.45) is 0 Å². The van der Waals surface area contributed by atoms with Crippen molar-refractivity contribution in [3.05, 3.63) is 64.3 Å². The maximum absolute atomic E-state index is 13.1. The van der Waals surface area contributed by atoms with Crippen LogP contribution in [0.4, 0.5) is 36.3 Å². The first-order valence-electron chi connectivity index (χ1n) is 8.98. The normalized spacial score (nSPS) is 11.2. The summed E-state index contributed by atoms with van der Waals surface area (Å²) in [5, 5.41) is 5.87. The Morgan fingerprint density at radius 3 is 2.62 bits per heavy atom. The summed E-state index contributed by atoms with van der Waals surface area (Å²) in [7, 11) is 1.29. The number of rotatable bonds is 5. The number of hydrogen-bond donors (Lipinski definition) is 3. The molecule has 3 N–H and O–H groups in total. The molecule has 0 saturated heterocycles. The van der Waals surface area contributed by atoms with Crippen LogP contribution >= 0.6 is 0 Å². The van der Waals surface area contributed by atoms with Gasteiger partial charge in [-0.25, -0.2) is 9.78 Å². The molecule has 0 unspecified atom stereocenters. The number of benzene rings is 2. The zero-order valence-electron chi connectivity index (χ0n) is 18.3. The number of anilines is 4. The standard InChI is InChI=1S/C20H16F3N5O3.Na.H/c1-10-9-24-18(26-13-5-11(20(21,22)23)6-14(7-13)30-2)28-17(10)25-12-3-4-16-15(8-12)27-19(29)31-16;;/h3-9H,1-2H3,(H,27,29)(H2,24,25,26,28);;/q;+1;-1. The molecule has 32 heavy (non-hydrogen) atoms. The Kier molecular flexibility index (Phi) is 6.82. The van der Waals surface area contributed by atoms with Gasteiger partial charge in [0.25, 0.3) is 0 Å². The van der Waals surface area contributed by atoms with E-state index in [2.05, 4.69) is 25.6 Å². The van der Waals surface area contributed by atoms with Gasteiger partial charge in [-0.2, -0.15) is 18.2 Å². The number of ether oxygens (including phenoxy) is 1. The molecule has 12 heteroatoms. The monoisotopic (exact) mass is 455 g/mol. The molecule has 0 atom stereocenters. The Bertz CT molecular complexity index is 1330. The molecule has 0 bridgehead atoms. The van der Waals surface area contributed by atoms with E-state index in [1.807, 2.05) is 0 Å². The summed E-state index contributed by atoms with van der Waals surface area (Å²) >= 11 is 0. The summed E-state index contributed by atoms with van der Waals surface area (Å²) in [6.45, 7) is 1.78. The number of aromatic nitrogens is 3. The van der Waals surface area contributed by atoms with Crippen molar-refractivity contribution in [3.8, 4) is 5.75 Å². The van der Waals surface area contributed by atoms with Gasteiger partial charge in [0.15, 0.2) is 5.58 Å². The zero-order chi connectivity index (χ0) is 22.2. The second-order valence-electron chi connectivity index (χ2n) is 6.65. The molecule has 0 aliphatic rings. The molecule has 4 aromatic rings. The van der Waals surface area contributed by atoms with Gasteiger partial charge in [0.1, 0.15) is 11.6 Å². The number of nitrogens with one attached hydrogen (secondary N) is 3. The molecule has 0 fully saturated rings. The van der Waals surface area contributed by atoms with Crippen molar-refractivity contribution >= 4 is 34.2 Å². The minimum Gasteiger partial charge on any atom is -1.00 e. The number of hydrogen-bond acceptors (Lipinski definition) is 7. The molecule has 0 aliphatic carbocycles. The van der Waals surface area contributed by atoms with Gasteiger partial charge in [-0.3, -0.25) is 4.98 Å². The Morgan fingerprint density at radius 1 is 1.12 bits per heavy atom. The number of oxazole rings is 1. The van der Waals surface area contributed by atoms with Crippen LogP contribution < -0.4 is 50.7 Å². The molecule has 8 nitrogen and oxygen atoms in total. The number of halogens is 3. The van der Waals surface area contributed by atoms with Gasteiger partial charge >= 0.3 is 41.5 Å². The van der Waals surface area contributed by atoms with E-state index < -0.39 is 17.5 Å². The Labute approximate surface area is 203 Å². The van der Waals surface area contributed by atoms with Crippen molar-refractivity contribution in [2.45, 2.75) is 13.1 Å². The Balaban J connectivity index is 0.00000193. The van der Waals surface area contributed by atoms with Crippen molar-refractivity contribution < 1.29 is 53.3 Å². The van der Waals surface area contributed by atoms with Crippen LogP contribution in [0.3, 0.4) is 0 Å². The third-order valence-electron chi connectivity index (χ3n) is 4.38. The van der Waals surface area contributed by atoms with Crippen LogP contribution in [0.2, 0.25) is 0 Å². The summed E-state index contributed by atoms with van der Waals surface area (Å²) in [6.07, 6.45) is -3.00. The van der Waals surface area contributed by atoms with E-state index in [9.17, 15) is 18.0 Å². The van der Waals surface area contributed by atoms with Crippen LogP contribution in [0.15, 0.2) is 51.8 Å². The van der Waals surface area contributed by atoms with Gasteiger partial charge in [0.2, 0.25) is 5.95 Å². The van der Waals surface area contributed by atoms with E-state index in [1.165, 1.54) is 19.4 Å². The quantitative estimate of drug-likeness (QED) is 0.395. The largest absolute Gasteiger partial charge is 1.00 e. The number of methoxy groups -OCH3 is 1. The summed E-state index contributed by atoms with van der Waals surface area (Å²) in [6, 6.07) is 8.26. The average molecular weight is 455 g/mol.